The number of nitrogens with zero attached hydrogens (tertiary/aromatic N) is 1. The average Bonchev–Trinajstić information content (AvgIpc) is 2.73. The molecule has 2 N–H and O–H groups in total. The summed E-state index contributed by atoms with van der Waals surface area (Å²) in [7, 11) is -2.06. The summed E-state index contributed by atoms with van der Waals surface area (Å²) in [5.41, 5.74) is 1.66. The van der Waals surface area contributed by atoms with Gasteiger partial charge in [-0.2, -0.15) is 0 Å². The molecule has 1 fully saturated rings. The van der Waals surface area contributed by atoms with Gasteiger partial charge >= 0.3 is 0 Å². The number of anilines is 1. The van der Waals surface area contributed by atoms with Crippen molar-refractivity contribution in [3.05, 3.63) is 53.6 Å². The first kappa shape index (κ1) is 24.1. The molecule has 0 bridgehead atoms. The predicted molar refractivity (Wildman–Crippen MR) is 127 cm³/mol. The fraction of sp³-hybridized carbons (Fsp3) is 0.458. The van der Waals surface area contributed by atoms with Gasteiger partial charge in [-0.1, -0.05) is 6.07 Å². The smallest absolute Gasteiger partial charge is 0.251 e. The highest BCUT2D eigenvalue weighted by Gasteiger charge is 2.25. The normalized spacial score (nSPS) is 15.5. The van der Waals surface area contributed by atoms with E-state index < -0.39 is 15.6 Å². The van der Waals surface area contributed by atoms with Crippen LogP contribution in [0, 0.1) is 6.92 Å². The minimum Gasteiger partial charge on any atom is -0.497 e. The molecular formula is C24H33N3O4S. The molecule has 8 heteroatoms. The number of hydrogen-bond donors (Lipinski definition) is 2. The first-order valence-corrected chi connectivity index (χ1v) is 12.3. The molecule has 0 saturated carbocycles. The molecule has 1 aliphatic rings. The summed E-state index contributed by atoms with van der Waals surface area (Å²) >= 11 is 0. The van der Waals surface area contributed by atoms with Gasteiger partial charge in [-0.25, -0.2) is 13.1 Å². The Labute approximate surface area is 191 Å². The molecule has 0 radical (unpaired) electrons. The molecule has 1 heterocycles. The molecule has 7 nitrogen and oxygen atoms in total. The molecule has 0 unspecified atom stereocenters. The molecule has 0 atom stereocenters. The van der Waals surface area contributed by atoms with Crippen LogP contribution in [0.15, 0.2) is 47.4 Å². The highest BCUT2D eigenvalue weighted by atomic mass is 32.2. The van der Waals surface area contributed by atoms with Crippen LogP contribution in [0.1, 0.15) is 49.5 Å². The predicted octanol–water partition coefficient (Wildman–Crippen LogP) is 3.48. The largest absolute Gasteiger partial charge is 0.497 e. The van der Waals surface area contributed by atoms with Crippen LogP contribution < -0.4 is 19.7 Å². The third-order valence-electron chi connectivity index (χ3n) is 5.47. The molecule has 1 amide bonds. The SMILES string of the molecule is COc1ccc(N2CCC(NC(=O)c3cc(S(=O)(=O)NC(C)(C)C)ccc3C)CC2)cc1. The lowest BCUT2D eigenvalue weighted by Gasteiger charge is -2.34. The monoisotopic (exact) mass is 459 g/mol. The van der Waals surface area contributed by atoms with Gasteiger partial charge in [0, 0.05) is 35.9 Å². The fourth-order valence-electron chi connectivity index (χ4n) is 3.81. The number of hydrogen-bond acceptors (Lipinski definition) is 5. The van der Waals surface area contributed by atoms with Crippen molar-refractivity contribution in [2.45, 2.75) is 57.0 Å². The number of benzene rings is 2. The number of rotatable bonds is 6. The van der Waals surface area contributed by atoms with E-state index in [1.54, 1.807) is 33.9 Å². The number of sulfonamides is 1. The molecule has 32 heavy (non-hydrogen) atoms. The molecule has 1 saturated heterocycles. The van der Waals surface area contributed by atoms with Crippen LogP contribution in [0.3, 0.4) is 0 Å². The second kappa shape index (κ2) is 9.50. The maximum absolute atomic E-state index is 13.0. The van der Waals surface area contributed by atoms with Crippen molar-refractivity contribution in [3.8, 4) is 5.75 Å². The minimum atomic E-state index is -3.71. The van der Waals surface area contributed by atoms with Crippen molar-refractivity contribution in [1.82, 2.24) is 10.0 Å². The Morgan fingerprint density at radius 2 is 1.69 bits per heavy atom. The van der Waals surface area contributed by atoms with Crippen molar-refractivity contribution in [2.75, 3.05) is 25.1 Å². The summed E-state index contributed by atoms with van der Waals surface area (Å²) in [5, 5.41) is 3.09. The Bertz CT molecular complexity index is 1050. The zero-order chi connectivity index (χ0) is 23.5. The van der Waals surface area contributed by atoms with Gasteiger partial charge in [0.25, 0.3) is 5.91 Å². The summed E-state index contributed by atoms with van der Waals surface area (Å²) < 4.78 is 33.2. The average molecular weight is 460 g/mol. The summed E-state index contributed by atoms with van der Waals surface area (Å²) in [5.74, 6) is 0.589. The second-order valence-electron chi connectivity index (χ2n) is 9.27. The Kier molecular flexibility index (Phi) is 7.15. The van der Waals surface area contributed by atoms with Crippen LogP contribution in [0.2, 0.25) is 0 Å². The van der Waals surface area contributed by atoms with Crippen molar-refractivity contribution in [1.29, 1.82) is 0 Å². The number of carbonyl (C=O) groups is 1. The molecule has 1 aliphatic heterocycles. The maximum Gasteiger partial charge on any atom is 0.251 e. The van der Waals surface area contributed by atoms with Crippen LogP contribution in [0.25, 0.3) is 0 Å². The number of ether oxygens (including phenoxy) is 1. The first-order chi connectivity index (χ1) is 15.0. The summed E-state index contributed by atoms with van der Waals surface area (Å²) in [4.78, 5) is 15.4. The van der Waals surface area contributed by atoms with Crippen molar-refractivity contribution >= 4 is 21.6 Å². The van der Waals surface area contributed by atoms with Gasteiger partial charge in [0.1, 0.15) is 5.75 Å². The number of nitrogens with one attached hydrogen (secondary N) is 2. The molecule has 2 aromatic rings. The first-order valence-electron chi connectivity index (χ1n) is 10.8. The number of aryl methyl sites for hydroxylation is 1. The molecule has 2 aromatic carbocycles. The lowest BCUT2D eigenvalue weighted by atomic mass is 10.0. The van der Waals surface area contributed by atoms with Gasteiger partial charge in [-0.15, -0.1) is 0 Å². The van der Waals surface area contributed by atoms with Crippen LogP contribution in [-0.2, 0) is 10.0 Å². The van der Waals surface area contributed by atoms with E-state index in [1.165, 1.54) is 12.1 Å². The van der Waals surface area contributed by atoms with E-state index in [2.05, 4.69) is 14.9 Å². The molecule has 174 valence electrons. The number of methoxy groups -OCH3 is 1. The van der Waals surface area contributed by atoms with E-state index in [4.69, 9.17) is 4.74 Å². The second-order valence-corrected chi connectivity index (χ2v) is 10.9. The molecular weight excluding hydrogens is 426 g/mol. The zero-order valence-electron chi connectivity index (χ0n) is 19.4. The van der Waals surface area contributed by atoms with Gasteiger partial charge < -0.3 is 15.0 Å². The Morgan fingerprint density at radius 3 is 2.25 bits per heavy atom. The summed E-state index contributed by atoms with van der Waals surface area (Å²) in [6.07, 6.45) is 1.64. The highest BCUT2D eigenvalue weighted by molar-refractivity contribution is 7.89. The van der Waals surface area contributed by atoms with Crippen LogP contribution in [0.5, 0.6) is 5.75 Å². The molecule has 3 rings (SSSR count). The lowest BCUT2D eigenvalue weighted by molar-refractivity contribution is 0.0930. The third kappa shape index (κ3) is 6.01. The quantitative estimate of drug-likeness (QED) is 0.691. The van der Waals surface area contributed by atoms with Gasteiger partial charge in [-0.3, -0.25) is 4.79 Å². The zero-order valence-corrected chi connectivity index (χ0v) is 20.3. The third-order valence-corrected chi connectivity index (χ3v) is 7.23. The Morgan fingerprint density at radius 1 is 1.06 bits per heavy atom. The molecule has 0 aliphatic carbocycles. The number of carbonyl (C=O) groups excluding carboxylic acids is 1. The van der Waals surface area contributed by atoms with Crippen molar-refractivity contribution in [2.24, 2.45) is 0 Å². The van der Waals surface area contributed by atoms with Crippen LogP contribution >= 0.6 is 0 Å². The minimum absolute atomic E-state index is 0.0457. The Balaban J connectivity index is 1.65. The number of amides is 1. The highest BCUT2D eigenvalue weighted by Crippen LogP contribution is 2.23. The van der Waals surface area contributed by atoms with Gasteiger partial charge in [-0.05, 0) is 82.5 Å². The van der Waals surface area contributed by atoms with Gasteiger partial charge in [0.05, 0.1) is 12.0 Å². The number of piperidine rings is 1. The van der Waals surface area contributed by atoms with E-state index >= 15 is 0 Å². The summed E-state index contributed by atoms with van der Waals surface area (Å²) in [6, 6.07) is 12.7. The maximum atomic E-state index is 13.0. The topological polar surface area (TPSA) is 87.7 Å². The van der Waals surface area contributed by atoms with Crippen molar-refractivity contribution < 1.29 is 17.9 Å². The lowest BCUT2D eigenvalue weighted by Crippen LogP contribution is -2.45. The molecule has 0 aromatic heterocycles. The van der Waals surface area contributed by atoms with Gasteiger partial charge in [0.15, 0.2) is 0 Å². The van der Waals surface area contributed by atoms with E-state index in [0.29, 0.717) is 5.56 Å². The molecule has 0 spiro atoms. The van der Waals surface area contributed by atoms with E-state index in [0.717, 1.165) is 42.9 Å². The van der Waals surface area contributed by atoms with Crippen LogP contribution in [-0.4, -0.2) is 46.1 Å². The summed E-state index contributed by atoms with van der Waals surface area (Å²) in [6.45, 7) is 8.83. The fourth-order valence-corrected chi connectivity index (χ4v) is 5.26. The standard InChI is InChI=1S/C24H33N3O4S/c1-17-6-11-21(32(29,30)26-24(2,3)4)16-22(17)23(28)25-18-12-14-27(15-13-18)19-7-9-20(31-5)10-8-19/h6-11,16,18,26H,12-15H2,1-5H3,(H,25,28). The van der Waals surface area contributed by atoms with Crippen molar-refractivity contribution in [3.63, 3.8) is 0 Å². The Hall–Kier alpha value is -2.58. The van der Waals surface area contributed by atoms with E-state index in [9.17, 15) is 13.2 Å². The van der Waals surface area contributed by atoms with Crippen LogP contribution in [0.4, 0.5) is 5.69 Å². The van der Waals surface area contributed by atoms with Gasteiger partial charge in [0.2, 0.25) is 10.0 Å². The van der Waals surface area contributed by atoms with E-state index in [-0.39, 0.29) is 16.8 Å². The van der Waals surface area contributed by atoms with E-state index in [1.807, 2.05) is 31.2 Å².